The van der Waals surface area contributed by atoms with Gasteiger partial charge in [0, 0.05) is 16.0 Å². The molecule has 2 heterocycles. The number of nitrogens with zero attached hydrogens (tertiary/aromatic N) is 2. The summed E-state index contributed by atoms with van der Waals surface area (Å²) in [5.74, 6) is 0.413. The molecule has 2 heteroatoms. The van der Waals surface area contributed by atoms with Crippen molar-refractivity contribution in [3.05, 3.63) is 166 Å². The predicted octanol–water partition coefficient (Wildman–Crippen LogP) is 9.88. The predicted molar refractivity (Wildman–Crippen MR) is 206 cm³/mol. The Morgan fingerprint density at radius 1 is 0.531 bits per heavy atom. The van der Waals surface area contributed by atoms with E-state index in [1.807, 2.05) is 0 Å². The Morgan fingerprint density at radius 2 is 1.18 bits per heavy atom. The van der Waals surface area contributed by atoms with E-state index in [4.69, 9.17) is 9.98 Å². The second kappa shape index (κ2) is 11.1. The summed E-state index contributed by atoms with van der Waals surface area (Å²) >= 11 is 0. The Balaban J connectivity index is 1.23. The maximum Gasteiger partial charge on any atom is 0.0790 e. The van der Waals surface area contributed by atoms with E-state index in [-0.39, 0.29) is 0 Å². The monoisotopic (exact) mass is 626 g/mol. The molecule has 8 aromatic rings. The number of rotatable bonds is 1. The van der Waals surface area contributed by atoms with Gasteiger partial charge in [-0.3, -0.25) is 0 Å². The number of hydrogen-bond acceptors (Lipinski definition) is 2. The Labute approximate surface area is 284 Å². The Kier molecular flexibility index (Phi) is 6.39. The quantitative estimate of drug-likeness (QED) is 0.162. The first-order valence-corrected chi connectivity index (χ1v) is 17.5. The first-order valence-electron chi connectivity index (χ1n) is 17.5. The van der Waals surface area contributed by atoms with Gasteiger partial charge in [-0.25, -0.2) is 9.98 Å². The van der Waals surface area contributed by atoms with E-state index >= 15 is 0 Å². The summed E-state index contributed by atoms with van der Waals surface area (Å²) in [7, 11) is 0. The summed E-state index contributed by atoms with van der Waals surface area (Å²) in [6, 6.07) is 48.8. The molecule has 0 aliphatic carbocycles. The van der Waals surface area contributed by atoms with E-state index in [1.165, 1.54) is 75.8 Å². The third-order valence-corrected chi connectivity index (χ3v) is 10.8. The van der Waals surface area contributed by atoms with Gasteiger partial charge in [-0.1, -0.05) is 128 Å². The van der Waals surface area contributed by atoms with Crippen molar-refractivity contribution < 1.29 is 0 Å². The minimum absolute atomic E-state index is 0.413. The van der Waals surface area contributed by atoms with Gasteiger partial charge in [0.1, 0.15) is 0 Å². The number of fused-ring (bicyclic) bond motifs is 14. The van der Waals surface area contributed by atoms with Crippen molar-refractivity contribution in [2.75, 3.05) is 0 Å². The molecule has 8 aromatic carbocycles. The van der Waals surface area contributed by atoms with E-state index in [2.05, 4.69) is 153 Å². The largest absolute Gasteiger partial charge is 0.247 e. The van der Waals surface area contributed by atoms with Crippen LogP contribution in [-0.2, 0) is 6.42 Å². The van der Waals surface area contributed by atoms with Gasteiger partial charge in [0.25, 0.3) is 0 Å². The van der Waals surface area contributed by atoms with Crippen molar-refractivity contribution >= 4 is 66.6 Å². The molecular weight excluding hydrogens is 593 g/mol. The SMILES string of the molecule is CC1C/C=c2/c(c3ccc(-c4ccc5c6c(c7ccccc7c5c4)N=c4cccc/c4=C\CC6)cc3c3ccccc23)=Nc2ccccc21. The summed E-state index contributed by atoms with van der Waals surface area (Å²) < 4.78 is 0. The fourth-order valence-electron chi connectivity index (χ4n) is 8.31. The van der Waals surface area contributed by atoms with Crippen molar-refractivity contribution in [3.8, 4) is 11.1 Å². The molecule has 0 fully saturated rings. The molecule has 1 unspecified atom stereocenters. The lowest BCUT2D eigenvalue weighted by molar-refractivity contribution is 0.799. The van der Waals surface area contributed by atoms with Gasteiger partial charge in [0.2, 0.25) is 0 Å². The molecule has 2 aliphatic rings. The fraction of sp³-hybridized carbons (Fsp3) is 0.106. The van der Waals surface area contributed by atoms with Crippen LogP contribution in [0.3, 0.4) is 0 Å². The first kappa shape index (κ1) is 28.2. The van der Waals surface area contributed by atoms with E-state index in [0.29, 0.717) is 5.92 Å². The minimum atomic E-state index is 0.413. The lowest BCUT2D eigenvalue weighted by Crippen LogP contribution is -2.28. The minimum Gasteiger partial charge on any atom is -0.247 e. The molecule has 0 aromatic heterocycles. The number of aryl methyl sites for hydroxylation is 1. The van der Waals surface area contributed by atoms with Gasteiger partial charge in [0.15, 0.2) is 0 Å². The molecule has 0 spiro atoms. The molecule has 232 valence electrons. The summed E-state index contributed by atoms with van der Waals surface area (Å²) in [6.45, 7) is 2.31. The normalized spacial score (nSPS) is 16.6. The zero-order valence-electron chi connectivity index (χ0n) is 27.4. The highest BCUT2D eigenvalue weighted by Crippen LogP contribution is 2.41. The smallest absolute Gasteiger partial charge is 0.0790 e. The highest BCUT2D eigenvalue weighted by Gasteiger charge is 2.17. The van der Waals surface area contributed by atoms with Crippen molar-refractivity contribution in [1.82, 2.24) is 0 Å². The zero-order chi connectivity index (χ0) is 32.5. The van der Waals surface area contributed by atoms with Crippen LogP contribution >= 0.6 is 0 Å². The fourth-order valence-corrected chi connectivity index (χ4v) is 8.31. The maximum absolute atomic E-state index is 5.40. The third kappa shape index (κ3) is 4.48. The standard InChI is InChI=1S/C47H34N2/c1-29-21-24-40-34-14-3-4-15-35(34)43-28-32(23-26-41(43)47(40)49-45-20-9-7-13-33(29)45)31-22-25-37-39-18-10-12-30-11-2-8-19-44(30)48-46(39)38-17-6-5-16-36(38)42(37)27-31/h2-9,11-17,19-20,22-29H,10,18,21H2,1H3/b30-12+,40-24+,48-44?,49-47?. The van der Waals surface area contributed by atoms with Crippen LogP contribution in [0.2, 0.25) is 0 Å². The highest BCUT2D eigenvalue weighted by molar-refractivity contribution is 6.16. The second-order valence-electron chi connectivity index (χ2n) is 13.6. The molecule has 2 aliphatic heterocycles. The van der Waals surface area contributed by atoms with Gasteiger partial charge in [-0.05, 0) is 109 Å². The number of benzene rings is 8. The number of hydrogen-bond donors (Lipinski definition) is 0. The van der Waals surface area contributed by atoms with Gasteiger partial charge in [-0.2, -0.15) is 0 Å². The van der Waals surface area contributed by atoms with E-state index in [0.717, 1.165) is 41.4 Å². The van der Waals surface area contributed by atoms with Crippen molar-refractivity contribution in [3.63, 3.8) is 0 Å². The Bertz CT molecular complexity index is 2930. The molecule has 0 amide bonds. The lowest BCUT2D eigenvalue weighted by atomic mass is 9.89. The molecule has 10 rings (SSSR count). The molecule has 0 radical (unpaired) electrons. The van der Waals surface area contributed by atoms with Crippen molar-refractivity contribution in [2.24, 2.45) is 9.98 Å². The zero-order valence-corrected chi connectivity index (χ0v) is 27.4. The van der Waals surface area contributed by atoms with Crippen LogP contribution in [0.4, 0.5) is 11.4 Å². The van der Waals surface area contributed by atoms with Crippen LogP contribution in [0.15, 0.2) is 143 Å². The average molecular weight is 627 g/mol. The average Bonchev–Trinajstić information content (AvgIpc) is 3.14. The Hall–Kier alpha value is -5.86. The summed E-state index contributed by atoms with van der Waals surface area (Å²) in [4.78, 5) is 10.7. The molecule has 49 heavy (non-hydrogen) atoms. The van der Waals surface area contributed by atoms with Crippen molar-refractivity contribution in [1.29, 1.82) is 0 Å². The van der Waals surface area contributed by atoms with Gasteiger partial charge in [-0.15, -0.1) is 0 Å². The molecule has 1 atom stereocenters. The van der Waals surface area contributed by atoms with Crippen LogP contribution in [0.1, 0.15) is 36.8 Å². The molecule has 0 saturated heterocycles. The molecule has 0 N–H and O–H groups in total. The molecular formula is C47H34N2. The van der Waals surface area contributed by atoms with Crippen LogP contribution in [0.5, 0.6) is 0 Å². The summed E-state index contributed by atoms with van der Waals surface area (Å²) in [5, 5.41) is 14.6. The third-order valence-electron chi connectivity index (χ3n) is 10.8. The maximum atomic E-state index is 5.40. The molecule has 0 saturated carbocycles. The van der Waals surface area contributed by atoms with E-state index in [1.54, 1.807) is 0 Å². The highest BCUT2D eigenvalue weighted by atomic mass is 14.7. The van der Waals surface area contributed by atoms with Crippen LogP contribution in [0, 0.1) is 0 Å². The first-order chi connectivity index (χ1) is 24.2. The van der Waals surface area contributed by atoms with Crippen LogP contribution in [-0.4, -0.2) is 0 Å². The van der Waals surface area contributed by atoms with Crippen molar-refractivity contribution in [2.45, 2.75) is 32.1 Å². The molecule has 2 nitrogen and oxygen atoms in total. The van der Waals surface area contributed by atoms with Crippen LogP contribution in [0.25, 0.3) is 66.4 Å². The second-order valence-corrected chi connectivity index (χ2v) is 13.6. The van der Waals surface area contributed by atoms with E-state index < -0.39 is 0 Å². The van der Waals surface area contributed by atoms with E-state index in [9.17, 15) is 0 Å². The van der Waals surface area contributed by atoms with Gasteiger partial charge < -0.3 is 0 Å². The topological polar surface area (TPSA) is 24.7 Å². The lowest BCUT2D eigenvalue weighted by Gasteiger charge is -2.17. The van der Waals surface area contributed by atoms with Gasteiger partial charge >= 0.3 is 0 Å². The molecule has 0 bridgehead atoms. The summed E-state index contributed by atoms with van der Waals surface area (Å²) in [5.41, 5.74) is 7.27. The van der Waals surface area contributed by atoms with Gasteiger partial charge in [0.05, 0.1) is 22.1 Å². The number of para-hydroxylation sites is 2. The Morgan fingerprint density at radius 3 is 2.02 bits per heavy atom. The summed E-state index contributed by atoms with van der Waals surface area (Å²) in [6.07, 6.45) is 7.69. The van der Waals surface area contributed by atoms with Crippen LogP contribution < -0.4 is 21.2 Å².